The van der Waals surface area contributed by atoms with Crippen LogP contribution in [-0.4, -0.2) is 47.8 Å². The zero-order valence-corrected chi connectivity index (χ0v) is 15.6. The van der Waals surface area contributed by atoms with Crippen LogP contribution in [0.4, 0.5) is 0 Å². The van der Waals surface area contributed by atoms with Crippen LogP contribution in [0.25, 0.3) is 0 Å². The molecule has 1 unspecified atom stereocenters. The normalized spacial score (nSPS) is 27.8. The molecule has 144 valence electrons. The minimum Gasteiger partial charge on any atom is -0.322 e. The van der Waals surface area contributed by atoms with E-state index in [-0.39, 0.29) is 24.1 Å². The number of imide groups is 1. The second-order valence-corrected chi connectivity index (χ2v) is 7.71. The van der Waals surface area contributed by atoms with Gasteiger partial charge >= 0.3 is 0 Å². The Morgan fingerprint density at radius 2 is 2.07 bits per heavy atom. The second kappa shape index (κ2) is 7.40. The van der Waals surface area contributed by atoms with E-state index in [1.807, 2.05) is 12.1 Å². The lowest BCUT2D eigenvalue weighted by molar-refractivity contribution is -0.136. The maximum Gasteiger partial charge on any atom is 0.255 e. The maximum atomic E-state index is 12.7. The Hall–Kier alpha value is -2.25. The van der Waals surface area contributed by atoms with Crippen LogP contribution >= 0.6 is 0 Å². The Bertz CT molecular complexity index is 778. The Labute approximate surface area is 158 Å². The van der Waals surface area contributed by atoms with Crippen LogP contribution in [-0.2, 0) is 22.7 Å². The van der Waals surface area contributed by atoms with Gasteiger partial charge < -0.3 is 15.5 Å². The molecule has 0 radical (unpaired) electrons. The molecule has 2 saturated heterocycles. The highest BCUT2D eigenvalue weighted by molar-refractivity contribution is 6.05. The molecule has 0 aromatic heterocycles. The first-order chi connectivity index (χ1) is 13.1. The lowest BCUT2D eigenvalue weighted by atomic mass is 10.00. The molecular weight excluding hydrogens is 344 g/mol. The molecule has 3 N–H and O–H groups in total. The Morgan fingerprint density at radius 3 is 2.85 bits per heavy atom. The van der Waals surface area contributed by atoms with Crippen LogP contribution in [0.1, 0.15) is 47.7 Å². The fourth-order valence-corrected chi connectivity index (χ4v) is 4.39. The van der Waals surface area contributed by atoms with Gasteiger partial charge in [0.15, 0.2) is 0 Å². The molecule has 3 atom stereocenters. The van der Waals surface area contributed by atoms with Crippen LogP contribution in [0.3, 0.4) is 0 Å². The topological polar surface area (TPSA) is 90.5 Å². The van der Waals surface area contributed by atoms with E-state index in [1.165, 1.54) is 0 Å². The molecule has 2 fully saturated rings. The average Bonchev–Trinajstić information content (AvgIpc) is 3.24. The molecule has 27 heavy (non-hydrogen) atoms. The van der Waals surface area contributed by atoms with Crippen LogP contribution in [0.15, 0.2) is 18.2 Å². The third kappa shape index (κ3) is 3.49. The summed E-state index contributed by atoms with van der Waals surface area (Å²) in [5, 5.41) is 9.39. The van der Waals surface area contributed by atoms with Crippen molar-refractivity contribution in [1.82, 2.24) is 20.9 Å². The average molecular weight is 370 g/mol. The van der Waals surface area contributed by atoms with Gasteiger partial charge in [0, 0.05) is 37.7 Å². The Balaban J connectivity index is 1.43. The SMILES string of the molecule is CC[C@H]1CNC[C@H]1NCc1ccc2c(c1)CN(C1CCC(=O)NC1=O)C2=O. The van der Waals surface area contributed by atoms with Gasteiger partial charge in [0.25, 0.3) is 5.91 Å². The number of hydrogen-bond acceptors (Lipinski definition) is 5. The maximum absolute atomic E-state index is 12.7. The minimum absolute atomic E-state index is 0.120. The molecule has 0 saturated carbocycles. The summed E-state index contributed by atoms with van der Waals surface area (Å²) in [6.07, 6.45) is 1.83. The van der Waals surface area contributed by atoms with E-state index >= 15 is 0 Å². The number of carbonyl (C=O) groups is 3. The Kier molecular flexibility index (Phi) is 4.97. The first kappa shape index (κ1) is 18.1. The highest BCUT2D eigenvalue weighted by atomic mass is 16.2. The molecule has 7 heteroatoms. The number of amides is 3. The van der Waals surface area contributed by atoms with Gasteiger partial charge in [-0.3, -0.25) is 19.7 Å². The number of hydrogen-bond donors (Lipinski definition) is 3. The van der Waals surface area contributed by atoms with E-state index < -0.39 is 6.04 Å². The zero-order valence-electron chi connectivity index (χ0n) is 15.6. The molecular formula is C20H26N4O3. The third-order valence-electron chi connectivity index (χ3n) is 6.02. The quantitative estimate of drug-likeness (QED) is 0.658. The summed E-state index contributed by atoms with van der Waals surface area (Å²) in [4.78, 5) is 37.8. The molecule has 3 amide bonds. The monoisotopic (exact) mass is 370 g/mol. The highest BCUT2D eigenvalue weighted by Crippen LogP contribution is 2.28. The van der Waals surface area contributed by atoms with Crippen molar-refractivity contribution in [2.45, 2.75) is 51.4 Å². The predicted octanol–water partition coefficient (Wildman–Crippen LogP) is 0.535. The third-order valence-corrected chi connectivity index (χ3v) is 6.02. The van der Waals surface area contributed by atoms with Gasteiger partial charge in [0.2, 0.25) is 11.8 Å². The van der Waals surface area contributed by atoms with E-state index in [9.17, 15) is 14.4 Å². The molecule has 1 aromatic rings. The number of carbonyl (C=O) groups excluding carboxylic acids is 3. The fraction of sp³-hybridized carbons (Fsp3) is 0.550. The number of rotatable bonds is 5. The summed E-state index contributed by atoms with van der Waals surface area (Å²) in [5.74, 6) is -0.0942. The molecule has 3 aliphatic heterocycles. The van der Waals surface area contributed by atoms with Crippen molar-refractivity contribution >= 4 is 17.7 Å². The molecule has 4 rings (SSSR count). The molecule has 1 aromatic carbocycles. The van der Waals surface area contributed by atoms with Gasteiger partial charge in [0.1, 0.15) is 6.04 Å². The minimum atomic E-state index is -0.556. The number of fused-ring (bicyclic) bond motifs is 1. The predicted molar refractivity (Wildman–Crippen MR) is 99.8 cm³/mol. The van der Waals surface area contributed by atoms with Crippen molar-refractivity contribution in [3.63, 3.8) is 0 Å². The van der Waals surface area contributed by atoms with Crippen LogP contribution in [0, 0.1) is 5.92 Å². The van der Waals surface area contributed by atoms with Crippen molar-refractivity contribution in [1.29, 1.82) is 0 Å². The number of piperidine rings is 1. The van der Waals surface area contributed by atoms with Gasteiger partial charge in [-0.25, -0.2) is 0 Å². The van der Waals surface area contributed by atoms with Gasteiger partial charge in [-0.1, -0.05) is 25.5 Å². The summed E-state index contributed by atoms with van der Waals surface area (Å²) < 4.78 is 0. The van der Waals surface area contributed by atoms with E-state index in [0.717, 1.165) is 37.2 Å². The van der Waals surface area contributed by atoms with Crippen molar-refractivity contribution < 1.29 is 14.4 Å². The second-order valence-electron chi connectivity index (χ2n) is 7.71. The first-order valence-electron chi connectivity index (χ1n) is 9.77. The summed E-state index contributed by atoms with van der Waals surface area (Å²) in [6.45, 7) is 5.47. The number of nitrogens with zero attached hydrogens (tertiary/aromatic N) is 1. The van der Waals surface area contributed by atoms with Gasteiger partial charge in [-0.2, -0.15) is 0 Å². The van der Waals surface area contributed by atoms with Crippen molar-refractivity contribution in [3.05, 3.63) is 34.9 Å². The van der Waals surface area contributed by atoms with E-state index in [4.69, 9.17) is 0 Å². The highest BCUT2D eigenvalue weighted by Gasteiger charge is 2.39. The van der Waals surface area contributed by atoms with Crippen LogP contribution in [0.2, 0.25) is 0 Å². The van der Waals surface area contributed by atoms with Crippen molar-refractivity contribution in [2.75, 3.05) is 13.1 Å². The van der Waals surface area contributed by atoms with Gasteiger partial charge in [-0.15, -0.1) is 0 Å². The van der Waals surface area contributed by atoms with Crippen molar-refractivity contribution in [3.8, 4) is 0 Å². The molecule has 0 aliphatic carbocycles. The summed E-state index contributed by atoms with van der Waals surface area (Å²) >= 11 is 0. The first-order valence-corrected chi connectivity index (χ1v) is 9.77. The standard InChI is InChI=1S/C20H26N4O3/c1-2-13-9-21-10-16(13)22-8-12-3-4-15-14(7-12)11-24(20(15)27)17-5-6-18(25)23-19(17)26/h3-4,7,13,16-17,21-22H,2,5-6,8-11H2,1H3,(H,23,25,26)/t13-,16+,17?/m0/s1. The lowest BCUT2D eigenvalue weighted by Crippen LogP contribution is -2.52. The van der Waals surface area contributed by atoms with Crippen LogP contribution in [0.5, 0.6) is 0 Å². The Morgan fingerprint density at radius 1 is 1.22 bits per heavy atom. The smallest absolute Gasteiger partial charge is 0.255 e. The van der Waals surface area contributed by atoms with Crippen LogP contribution < -0.4 is 16.0 Å². The van der Waals surface area contributed by atoms with Crippen molar-refractivity contribution in [2.24, 2.45) is 5.92 Å². The summed E-state index contributed by atoms with van der Waals surface area (Å²) in [5.41, 5.74) is 2.77. The molecule has 3 aliphatic rings. The largest absolute Gasteiger partial charge is 0.322 e. The van der Waals surface area contributed by atoms with E-state index in [0.29, 0.717) is 30.5 Å². The lowest BCUT2D eigenvalue weighted by Gasteiger charge is -2.29. The van der Waals surface area contributed by atoms with Gasteiger partial charge in [-0.05, 0) is 36.1 Å². The number of benzene rings is 1. The molecule has 3 heterocycles. The zero-order chi connectivity index (χ0) is 19.0. The summed E-state index contributed by atoms with van der Waals surface area (Å²) in [6, 6.07) is 5.84. The van der Waals surface area contributed by atoms with E-state index in [1.54, 1.807) is 4.90 Å². The molecule has 7 nitrogen and oxygen atoms in total. The summed E-state index contributed by atoms with van der Waals surface area (Å²) in [7, 11) is 0. The molecule has 0 spiro atoms. The number of nitrogens with one attached hydrogen (secondary N) is 3. The molecule has 0 bridgehead atoms. The van der Waals surface area contributed by atoms with E-state index in [2.05, 4.69) is 28.9 Å². The van der Waals surface area contributed by atoms with Gasteiger partial charge in [0.05, 0.1) is 0 Å². The fourth-order valence-electron chi connectivity index (χ4n) is 4.39.